The van der Waals surface area contributed by atoms with E-state index in [1.165, 1.54) is 30.4 Å². The summed E-state index contributed by atoms with van der Waals surface area (Å²) in [5.74, 6) is -1.23. The summed E-state index contributed by atoms with van der Waals surface area (Å²) in [5.41, 5.74) is 6.43. The third-order valence-electron chi connectivity index (χ3n) is 2.53. The first-order chi connectivity index (χ1) is 9.02. The Balaban J connectivity index is 2.34. The minimum atomic E-state index is -0.619. The summed E-state index contributed by atoms with van der Waals surface area (Å²) in [5, 5.41) is 13.4. The molecule has 0 spiro atoms. The Morgan fingerprint density at radius 2 is 2.26 bits per heavy atom. The lowest BCUT2D eigenvalue weighted by atomic mass is 10.1. The van der Waals surface area contributed by atoms with Crippen LogP contribution in [0, 0.1) is 24.1 Å². The Morgan fingerprint density at radius 1 is 1.53 bits per heavy atom. The molecule has 96 valence electrons. The van der Waals surface area contributed by atoms with Crippen molar-refractivity contribution in [2.45, 2.75) is 6.92 Å². The number of rotatable bonds is 2. The quantitative estimate of drug-likeness (QED) is 0.827. The van der Waals surface area contributed by atoms with Crippen LogP contribution < -0.4 is 11.1 Å². The average Bonchev–Trinajstić information content (AvgIpc) is 2.80. The molecular formula is C13H10FN3OS. The largest absolute Gasteiger partial charge is 0.399 e. The van der Waals surface area contributed by atoms with Crippen LogP contribution >= 0.6 is 11.3 Å². The zero-order valence-corrected chi connectivity index (χ0v) is 10.8. The summed E-state index contributed by atoms with van der Waals surface area (Å²) < 4.78 is 13.9. The summed E-state index contributed by atoms with van der Waals surface area (Å²) >= 11 is 1.20. The van der Waals surface area contributed by atoms with E-state index in [4.69, 9.17) is 11.0 Å². The van der Waals surface area contributed by atoms with Crippen LogP contribution in [-0.2, 0) is 0 Å². The molecule has 3 N–H and O–H groups in total. The zero-order valence-electron chi connectivity index (χ0n) is 10.0. The molecule has 0 aliphatic rings. The maximum Gasteiger partial charge on any atom is 0.259 e. The van der Waals surface area contributed by atoms with Crippen molar-refractivity contribution in [3.8, 4) is 6.07 Å². The number of hydrogen-bond donors (Lipinski definition) is 2. The molecular weight excluding hydrogens is 265 g/mol. The molecule has 6 heteroatoms. The summed E-state index contributed by atoms with van der Waals surface area (Å²) in [6.45, 7) is 1.54. The molecule has 19 heavy (non-hydrogen) atoms. The van der Waals surface area contributed by atoms with Gasteiger partial charge in [0.2, 0.25) is 0 Å². The maximum atomic E-state index is 13.9. The van der Waals surface area contributed by atoms with E-state index in [-0.39, 0.29) is 5.56 Å². The van der Waals surface area contributed by atoms with E-state index in [0.29, 0.717) is 21.8 Å². The number of hydrogen-bond acceptors (Lipinski definition) is 4. The number of carbonyl (C=O) groups excluding carboxylic acids is 1. The van der Waals surface area contributed by atoms with Gasteiger partial charge in [-0.2, -0.15) is 5.26 Å². The number of nitrogens with two attached hydrogens (primary N) is 1. The van der Waals surface area contributed by atoms with Gasteiger partial charge in [0.15, 0.2) is 0 Å². The number of amides is 1. The Labute approximate surface area is 113 Å². The SMILES string of the molecule is Cc1cc(N)cc(C(=O)Nc2sccc2C#N)c1F. The van der Waals surface area contributed by atoms with Crippen molar-refractivity contribution in [3.05, 3.63) is 46.1 Å². The van der Waals surface area contributed by atoms with Crippen LogP contribution in [0.3, 0.4) is 0 Å². The first-order valence-electron chi connectivity index (χ1n) is 5.37. The highest BCUT2D eigenvalue weighted by Crippen LogP contribution is 2.24. The Kier molecular flexibility index (Phi) is 3.49. The summed E-state index contributed by atoms with van der Waals surface area (Å²) in [6.07, 6.45) is 0. The van der Waals surface area contributed by atoms with Gasteiger partial charge in [0.1, 0.15) is 16.9 Å². The van der Waals surface area contributed by atoms with Crippen LogP contribution in [0.2, 0.25) is 0 Å². The lowest BCUT2D eigenvalue weighted by molar-refractivity contribution is 0.102. The van der Waals surface area contributed by atoms with Crippen molar-refractivity contribution in [1.29, 1.82) is 5.26 Å². The molecule has 0 bridgehead atoms. The number of aryl methyl sites for hydroxylation is 1. The van der Waals surface area contributed by atoms with Crippen molar-refractivity contribution in [1.82, 2.24) is 0 Å². The monoisotopic (exact) mass is 275 g/mol. The average molecular weight is 275 g/mol. The summed E-state index contributed by atoms with van der Waals surface area (Å²) in [4.78, 5) is 12.0. The lowest BCUT2D eigenvalue weighted by Crippen LogP contribution is -2.14. The second-order valence-corrected chi connectivity index (χ2v) is 4.84. The van der Waals surface area contributed by atoms with Crippen LogP contribution in [-0.4, -0.2) is 5.91 Å². The number of carbonyl (C=O) groups is 1. The van der Waals surface area contributed by atoms with Crippen LogP contribution in [0.25, 0.3) is 0 Å². The molecule has 0 unspecified atom stereocenters. The minimum Gasteiger partial charge on any atom is -0.399 e. The van der Waals surface area contributed by atoms with Gasteiger partial charge >= 0.3 is 0 Å². The first-order valence-corrected chi connectivity index (χ1v) is 6.25. The first kappa shape index (κ1) is 13.1. The highest BCUT2D eigenvalue weighted by Gasteiger charge is 2.16. The van der Waals surface area contributed by atoms with Crippen molar-refractivity contribution in [3.63, 3.8) is 0 Å². The number of halogens is 1. The predicted molar refractivity (Wildman–Crippen MR) is 72.5 cm³/mol. The maximum absolute atomic E-state index is 13.9. The van der Waals surface area contributed by atoms with Crippen LogP contribution in [0.15, 0.2) is 23.6 Å². The molecule has 0 atom stereocenters. The standard InChI is InChI=1S/C13H10FN3OS/c1-7-4-9(16)5-10(11(7)14)12(18)17-13-8(6-15)2-3-19-13/h2-5H,16H2,1H3,(H,17,18). The Bertz CT molecular complexity index is 688. The highest BCUT2D eigenvalue weighted by atomic mass is 32.1. The van der Waals surface area contributed by atoms with Gasteiger partial charge in [0.05, 0.1) is 11.1 Å². The number of benzene rings is 1. The van der Waals surface area contributed by atoms with E-state index in [0.717, 1.165) is 0 Å². The molecule has 2 aromatic rings. The summed E-state index contributed by atoms with van der Waals surface area (Å²) in [6, 6.07) is 6.26. The van der Waals surface area contributed by atoms with Gasteiger partial charge < -0.3 is 11.1 Å². The molecule has 1 amide bonds. The van der Waals surface area contributed by atoms with Gasteiger partial charge in [0, 0.05) is 5.69 Å². The topological polar surface area (TPSA) is 78.9 Å². The predicted octanol–water partition coefficient (Wildman–Crippen LogP) is 2.90. The van der Waals surface area contributed by atoms with Crippen LogP contribution in [0.5, 0.6) is 0 Å². The van der Waals surface area contributed by atoms with Crippen LogP contribution in [0.4, 0.5) is 15.1 Å². The molecule has 1 aromatic heterocycles. The smallest absolute Gasteiger partial charge is 0.259 e. The lowest BCUT2D eigenvalue weighted by Gasteiger charge is -2.07. The van der Waals surface area contributed by atoms with E-state index in [2.05, 4.69) is 5.32 Å². The number of nitrogens with one attached hydrogen (secondary N) is 1. The molecule has 2 rings (SSSR count). The van der Waals surface area contributed by atoms with Gasteiger partial charge in [-0.3, -0.25) is 4.79 Å². The van der Waals surface area contributed by atoms with Crippen molar-refractivity contribution in [2.75, 3.05) is 11.1 Å². The Hall–Kier alpha value is -2.39. The molecule has 0 saturated heterocycles. The third kappa shape index (κ3) is 2.56. The number of nitrogens with zero attached hydrogens (tertiary/aromatic N) is 1. The normalized spacial score (nSPS) is 9.95. The fourth-order valence-corrected chi connectivity index (χ4v) is 2.36. The van der Waals surface area contributed by atoms with Crippen LogP contribution in [0.1, 0.15) is 21.5 Å². The van der Waals surface area contributed by atoms with Gasteiger partial charge in [-0.1, -0.05) is 0 Å². The number of thiophene rings is 1. The number of nitrogen functional groups attached to an aromatic ring is 1. The molecule has 1 heterocycles. The second-order valence-electron chi connectivity index (χ2n) is 3.93. The van der Waals surface area contributed by atoms with Crippen molar-refractivity contribution in [2.24, 2.45) is 0 Å². The van der Waals surface area contributed by atoms with Crippen molar-refractivity contribution < 1.29 is 9.18 Å². The van der Waals surface area contributed by atoms with E-state index in [1.807, 2.05) is 6.07 Å². The van der Waals surface area contributed by atoms with Gasteiger partial charge in [-0.05, 0) is 36.1 Å². The van der Waals surface area contributed by atoms with Crippen molar-refractivity contribution >= 4 is 27.9 Å². The molecule has 0 aliphatic carbocycles. The van der Waals surface area contributed by atoms with Gasteiger partial charge in [-0.15, -0.1) is 11.3 Å². The minimum absolute atomic E-state index is 0.130. The third-order valence-corrected chi connectivity index (χ3v) is 3.36. The number of anilines is 2. The van der Waals surface area contributed by atoms with Gasteiger partial charge in [0.25, 0.3) is 5.91 Å². The fourth-order valence-electron chi connectivity index (χ4n) is 1.63. The second kappa shape index (κ2) is 5.08. The number of nitriles is 1. The summed E-state index contributed by atoms with van der Waals surface area (Å²) in [7, 11) is 0. The molecule has 0 radical (unpaired) electrons. The van der Waals surface area contributed by atoms with E-state index >= 15 is 0 Å². The molecule has 0 aliphatic heterocycles. The molecule has 4 nitrogen and oxygen atoms in total. The fraction of sp³-hybridized carbons (Fsp3) is 0.0769. The Morgan fingerprint density at radius 3 is 2.95 bits per heavy atom. The van der Waals surface area contributed by atoms with E-state index < -0.39 is 11.7 Å². The molecule has 0 saturated carbocycles. The highest BCUT2D eigenvalue weighted by molar-refractivity contribution is 7.14. The van der Waals surface area contributed by atoms with Gasteiger partial charge in [-0.25, -0.2) is 4.39 Å². The molecule has 1 aromatic carbocycles. The van der Waals surface area contributed by atoms with E-state index in [1.54, 1.807) is 11.4 Å². The zero-order chi connectivity index (χ0) is 14.0. The molecule has 0 fully saturated rings. The van der Waals surface area contributed by atoms with E-state index in [9.17, 15) is 9.18 Å².